The lowest BCUT2D eigenvalue weighted by atomic mass is 9.91. The van der Waals surface area contributed by atoms with Gasteiger partial charge in [-0.15, -0.1) is 0 Å². The third-order valence-corrected chi connectivity index (χ3v) is 3.36. The highest BCUT2D eigenvalue weighted by Crippen LogP contribution is 2.15. The molecule has 0 aliphatic carbocycles. The second-order valence-corrected chi connectivity index (χ2v) is 5.59. The quantitative estimate of drug-likeness (QED) is 0.568. The lowest BCUT2D eigenvalue weighted by Gasteiger charge is -2.22. The summed E-state index contributed by atoms with van der Waals surface area (Å²) in [4.78, 5) is 28.4. The Labute approximate surface area is 126 Å². The Kier molecular flexibility index (Phi) is 6.85. The third kappa shape index (κ3) is 5.53. The van der Waals surface area contributed by atoms with Crippen LogP contribution in [0.2, 0.25) is 0 Å². The van der Waals surface area contributed by atoms with Crippen LogP contribution in [-0.4, -0.2) is 23.3 Å². The highest BCUT2D eigenvalue weighted by Gasteiger charge is 2.35. The van der Waals surface area contributed by atoms with E-state index in [-0.39, 0.29) is 11.8 Å². The summed E-state index contributed by atoms with van der Waals surface area (Å²) in [7, 11) is 0. The van der Waals surface area contributed by atoms with Gasteiger partial charge in [-0.2, -0.15) is 0 Å². The zero-order valence-electron chi connectivity index (χ0n) is 13.1. The number of carbonyl (C=O) groups excluding carboxylic acids is 2. The molecular formula is C16H25N3O2. The maximum absolute atomic E-state index is 12.2. The number of nitrogens with zero attached hydrogens (tertiary/aromatic N) is 1. The molecule has 0 aliphatic rings. The molecule has 1 aromatic heterocycles. The Morgan fingerprint density at radius 2 is 1.86 bits per heavy atom. The van der Waals surface area contributed by atoms with Crippen LogP contribution in [0.3, 0.4) is 0 Å². The van der Waals surface area contributed by atoms with Crippen molar-refractivity contribution in [1.82, 2.24) is 15.6 Å². The number of unbranched alkanes of at least 4 members (excludes halogenated alkanes) is 2. The smallest absolute Gasteiger partial charge is 0.235 e. The zero-order chi connectivity index (χ0) is 15.7. The fraction of sp³-hybridized carbons (Fsp3) is 0.562. The molecule has 5 nitrogen and oxygen atoms in total. The number of aromatic nitrogens is 1. The van der Waals surface area contributed by atoms with E-state index in [1.807, 2.05) is 18.2 Å². The molecule has 0 spiro atoms. The molecule has 116 valence electrons. The molecule has 1 rings (SSSR count). The number of rotatable bonds is 8. The second kappa shape index (κ2) is 8.39. The van der Waals surface area contributed by atoms with E-state index in [2.05, 4.69) is 22.5 Å². The molecular weight excluding hydrogens is 266 g/mol. The molecule has 0 aromatic carbocycles. The van der Waals surface area contributed by atoms with Crippen molar-refractivity contribution >= 4 is 11.8 Å². The van der Waals surface area contributed by atoms with Gasteiger partial charge in [0.2, 0.25) is 11.8 Å². The minimum atomic E-state index is -1.08. The van der Waals surface area contributed by atoms with Crippen molar-refractivity contribution in [3.8, 4) is 0 Å². The molecule has 0 atom stereocenters. The molecule has 0 unspecified atom stereocenters. The largest absolute Gasteiger partial charge is 0.355 e. The number of amides is 2. The number of pyridine rings is 1. The molecule has 0 aliphatic heterocycles. The van der Waals surface area contributed by atoms with Gasteiger partial charge in [0.1, 0.15) is 5.41 Å². The van der Waals surface area contributed by atoms with Gasteiger partial charge < -0.3 is 10.6 Å². The van der Waals surface area contributed by atoms with Crippen LogP contribution in [0.4, 0.5) is 0 Å². The van der Waals surface area contributed by atoms with E-state index in [0.29, 0.717) is 13.1 Å². The molecule has 0 saturated carbocycles. The van der Waals surface area contributed by atoms with Gasteiger partial charge in [0.25, 0.3) is 0 Å². The molecule has 0 saturated heterocycles. The summed E-state index contributed by atoms with van der Waals surface area (Å²) in [6.07, 6.45) is 4.79. The summed E-state index contributed by atoms with van der Waals surface area (Å²) in [5, 5.41) is 5.58. The van der Waals surface area contributed by atoms with Crippen LogP contribution in [0.5, 0.6) is 0 Å². The van der Waals surface area contributed by atoms with Gasteiger partial charge in [-0.25, -0.2) is 0 Å². The van der Waals surface area contributed by atoms with Crippen molar-refractivity contribution in [2.75, 3.05) is 6.54 Å². The van der Waals surface area contributed by atoms with Crippen LogP contribution in [0, 0.1) is 5.41 Å². The van der Waals surface area contributed by atoms with Gasteiger partial charge in [-0.3, -0.25) is 14.6 Å². The van der Waals surface area contributed by atoms with E-state index in [0.717, 1.165) is 25.0 Å². The Bertz CT molecular complexity index is 458. The molecule has 1 aromatic rings. The van der Waals surface area contributed by atoms with Crippen LogP contribution < -0.4 is 10.6 Å². The average molecular weight is 291 g/mol. The Hall–Kier alpha value is -1.91. The van der Waals surface area contributed by atoms with Gasteiger partial charge in [0, 0.05) is 12.7 Å². The van der Waals surface area contributed by atoms with Gasteiger partial charge in [-0.05, 0) is 32.4 Å². The first-order valence-electron chi connectivity index (χ1n) is 7.45. The summed E-state index contributed by atoms with van der Waals surface area (Å²) in [6.45, 7) is 6.32. The Morgan fingerprint density at radius 3 is 2.48 bits per heavy atom. The predicted octanol–water partition coefficient (Wildman–Crippen LogP) is 2.03. The summed E-state index contributed by atoms with van der Waals surface area (Å²) < 4.78 is 0. The van der Waals surface area contributed by atoms with Crippen LogP contribution in [-0.2, 0) is 16.1 Å². The predicted molar refractivity (Wildman–Crippen MR) is 82.4 cm³/mol. The fourth-order valence-electron chi connectivity index (χ4n) is 1.80. The van der Waals surface area contributed by atoms with Gasteiger partial charge >= 0.3 is 0 Å². The monoisotopic (exact) mass is 291 g/mol. The molecule has 0 fully saturated rings. The Morgan fingerprint density at radius 1 is 1.14 bits per heavy atom. The second-order valence-electron chi connectivity index (χ2n) is 5.59. The van der Waals surface area contributed by atoms with E-state index in [4.69, 9.17) is 0 Å². The molecule has 0 radical (unpaired) electrons. The highest BCUT2D eigenvalue weighted by molar-refractivity contribution is 6.04. The standard InChI is InChI=1S/C16H25N3O2/c1-4-5-7-11-18-14(20)16(2,3)15(21)19-12-13-9-6-8-10-17-13/h6,8-10H,4-5,7,11-12H2,1-3H3,(H,18,20)(H,19,21). The van der Waals surface area contributed by atoms with Gasteiger partial charge in [-0.1, -0.05) is 25.8 Å². The van der Waals surface area contributed by atoms with E-state index >= 15 is 0 Å². The third-order valence-electron chi connectivity index (χ3n) is 3.36. The fourth-order valence-corrected chi connectivity index (χ4v) is 1.80. The maximum atomic E-state index is 12.2. The zero-order valence-corrected chi connectivity index (χ0v) is 13.1. The number of carbonyl (C=O) groups is 2. The van der Waals surface area contributed by atoms with Gasteiger partial charge in [0.15, 0.2) is 0 Å². The molecule has 0 bridgehead atoms. The molecule has 2 N–H and O–H groups in total. The normalized spacial score (nSPS) is 11.0. The van der Waals surface area contributed by atoms with Crippen molar-refractivity contribution in [2.45, 2.75) is 46.6 Å². The van der Waals surface area contributed by atoms with E-state index < -0.39 is 5.41 Å². The van der Waals surface area contributed by atoms with Crippen LogP contribution in [0.15, 0.2) is 24.4 Å². The van der Waals surface area contributed by atoms with Gasteiger partial charge in [0.05, 0.1) is 12.2 Å². The average Bonchev–Trinajstić information content (AvgIpc) is 2.49. The molecule has 5 heteroatoms. The lowest BCUT2D eigenvalue weighted by molar-refractivity contribution is -0.141. The summed E-state index contributed by atoms with van der Waals surface area (Å²) >= 11 is 0. The van der Waals surface area contributed by atoms with Crippen LogP contribution in [0.25, 0.3) is 0 Å². The SMILES string of the molecule is CCCCCNC(=O)C(C)(C)C(=O)NCc1ccccn1. The van der Waals surface area contributed by atoms with Crippen molar-refractivity contribution < 1.29 is 9.59 Å². The number of hydrogen-bond acceptors (Lipinski definition) is 3. The van der Waals surface area contributed by atoms with Crippen molar-refractivity contribution in [1.29, 1.82) is 0 Å². The van der Waals surface area contributed by atoms with E-state index in [9.17, 15) is 9.59 Å². The van der Waals surface area contributed by atoms with E-state index in [1.54, 1.807) is 20.0 Å². The topological polar surface area (TPSA) is 71.1 Å². The highest BCUT2D eigenvalue weighted by atomic mass is 16.2. The molecule has 1 heterocycles. The van der Waals surface area contributed by atoms with Crippen molar-refractivity contribution in [3.05, 3.63) is 30.1 Å². The molecule has 2 amide bonds. The van der Waals surface area contributed by atoms with Crippen molar-refractivity contribution in [3.63, 3.8) is 0 Å². The molecule has 21 heavy (non-hydrogen) atoms. The first kappa shape index (κ1) is 17.1. The maximum Gasteiger partial charge on any atom is 0.235 e. The Balaban J connectivity index is 2.44. The summed E-state index contributed by atoms with van der Waals surface area (Å²) in [5.41, 5.74) is -0.314. The summed E-state index contributed by atoms with van der Waals surface area (Å²) in [5.74, 6) is -0.529. The summed E-state index contributed by atoms with van der Waals surface area (Å²) in [6, 6.07) is 5.51. The van der Waals surface area contributed by atoms with Crippen molar-refractivity contribution in [2.24, 2.45) is 5.41 Å². The number of nitrogens with one attached hydrogen (secondary N) is 2. The van der Waals surface area contributed by atoms with Crippen LogP contribution in [0.1, 0.15) is 45.7 Å². The minimum absolute atomic E-state index is 0.239. The first-order chi connectivity index (χ1) is 9.98. The van der Waals surface area contributed by atoms with Crippen LogP contribution >= 0.6 is 0 Å². The van der Waals surface area contributed by atoms with E-state index in [1.165, 1.54) is 0 Å². The number of hydrogen-bond donors (Lipinski definition) is 2. The minimum Gasteiger partial charge on any atom is -0.355 e. The lowest BCUT2D eigenvalue weighted by Crippen LogP contribution is -2.47. The first-order valence-corrected chi connectivity index (χ1v) is 7.45.